The second-order valence-corrected chi connectivity index (χ2v) is 6.08. The molecule has 1 fully saturated rings. The first-order valence-corrected chi connectivity index (χ1v) is 6.95. The number of hydrogen-bond donors (Lipinski definition) is 1. The predicted octanol–water partition coefficient (Wildman–Crippen LogP) is 2.34. The number of likely N-dealkylation sites (tertiary alicyclic amines) is 1. The van der Waals surface area contributed by atoms with Gasteiger partial charge in [-0.1, -0.05) is 29.8 Å². The Bertz CT molecular complexity index is 450. The van der Waals surface area contributed by atoms with Gasteiger partial charge in [-0.05, 0) is 33.4 Å². The highest BCUT2D eigenvalue weighted by molar-refractivity contribution is 5.80. The fourth-order valence-electron chi connectivity index (χ4n) is 2.85. The monoisotopic (exact) mass is 260 g/mol. The highest BCUT2D eigenvalue weighted by Gasteiger charge is 2.45. The van der Waals surface area contributed by atoms with E-state index in [1.807, 2.05) is 11.9 Å². The van der Waals surface area contributed by atoms with Crippen LogP contribution in [0.3, 0.4) is 0 Å². The molecule has 0 aromatic heterocycles. The van der Waals surface area contributed by atoms with Gasteiger partial charge in [0.05, 0.1) is 0 Å². The van der Waals surface area contributed by atoms with Gasteiger partial charge in [-0.3, -0.25) is 4.79 Å². The van der Waals surface area contributed by atoms with Gasteiger partial charge in [0.15, 0.2) is 0 Å². The first-order chi connectivity index (χ1) is 8.95. The lowest BCUT2D eigenvalue weighted by Gasteiger charge is -2.36. The summed E-state index contributed by atoms with van der Waals surface area (Å²) in [6, 6.07) is 8.44. The van der Waals surface area contributed by atoms with Gasteiger partial charge < -0.3 is 10.2 Å². The smallest absolute Gasteiger partial charge is 0.223 e. The molecule has 0 saturated carbocycles. The SMILES string of the molecule is CNCC1CC(=O)N(Cc2ccc(C)cc2)C1(C)C. The number of benzene rings is 1. The summed E-state index contributed by atoms with van der Waals surface area (Å²) in [5.41, 5.74) is 2.38. The summed E-state index contributed by atoms with van der Waals surface area (Å²) in [7, 11) is 1.95. The van der Waals surface area contributed by atoms with Crippen molar-refractivity contribution in [3.8, 4) is 0 Å². The molecule has 1 aromatic carbocycles. The molecule has 3 nitrogen and oxygen atoms in total. The molecule has 1 amide bonds. The van der Waals surface area contributed by atoms with Crippen LogP contribution in [-0.2, 0) is 11.3 Å². The van der Waals surface area contributed by atoms with Crippen molar-refractivity contribution in [2.75, 3.05) is 13.6 Å². The van der Waals surface area contributed by atoms with E-state index < -0.39 is 0 Å². The van der Waals surface area contributed by atoms with Crippen molar-refractivity contribution in [2.45, 2.75) is 39.3 Å². The van der Waals surface area contributed by atoms with E-state index >= 15 is 0 Å². The highest BCUT2D eigenvalue weighted by Crippen LogP contribution is 2.36. The summed E-state index contributed by atoms with van der Waals surface area (Å²) in [5, 5.41) is 3.20. The lowest BCUT2D eigenvalue weighted by molar-refractivity contribution is -0.131. The molecule has 104 valence electrons. The number of nitrogens with zero attached hydrogens (tertiary/aromatic N) is 1. The number of rotatable bonds is 4. The molecule has 1 aliphatic rings. The van der Waals surface area contributed by atoms with Crippen LogP contribution in [-0.4, -0.2) is 29.9 Å². The molecule has 1 aromatic rings. The molecule has 0 spiro atoms. The van der Waals surface area contributed by atoms with Crippen LogP contribution < -0.4 is 5.32 Å². The topological polar surface area (TPSA) is 32.3 Å². The molecule has 1 saturated heterocycles. The van der Waals surface area contributed by atoms with Gasteiger partial charge in [0, 0.05) is 31.0 Å². The molecule has 0 bridgehead atoms. The van der Waals surface area contributed by atoms with Crippen LogP contribution in [0.25, 0.3) is 0 Å². The molecular weight excluding hydrogens is 236 g/mol. The molecule has 0 radical (unpaired) electrons. The second-order valence-electron chi connectivity index (χ2n) is 6.08. The number of nitrogens with one attached hydrogen (secondary N) is 1. The van der Waals surface area contributed by atoms with E-state index in [0.29, 0.717) is 18.9 Å². The first kappa shape index (κ1) is 14.1. The van der Waals surface area contributed by atoms with Crippen molar-refractivity contribution < 1.29 is 4.79 Å². The van der Waals surface area contributed by atoms with Gasteiger partial charge in [0.1, 0.15) is 0 Å². The zero-order valence-electron chi connectivity index (χ0n) is 12.4. The Morgan fingerprint density at radius 2 is 1.95 bits per heavy atom. The van der Waals surface area contributed by atoms with Crippen molar-refractivity contribution in [1.29, 1.82) is 0 Å². The highest BCUT2D eigenvalue weighted by atomic mass is 16.2. The van der Waals surface area contributed by atoms with Crippen LogP contribution in [0.15, 0.2) is 24.3 Å². The summed E-state index contributed by atoms with van der Waals surface area (Å²) in [6.45, 7) is 8.04. The maximum atomic E-state index is 12.2. The summed E-state index contributed by atoms with van der Waals surface area (Å²) in [5.74, 6) is 0.654. The average Bonchev–Trinajstić information content (AvgIpc) is 2.56. The van der Waals surface area contributed by atoms with Gasteiger partial charge in [0.25, 0.3) is 0 Å². The maximum Gasteiger partial charge on any atom is 0.223 e. The van der Waals surface area contributed by atoms with Crippen molar-refractivity contribution >= 4 is 5.91 Å². The molecule has 1 atom stereocenters. The number of carbonyl (C=O) groups excluding carboxylic acids is 1. The van der Waals surface area contributed by atoms with Crippen LogP contribution in [0.2, 0.25) is 0 Å². The van der Waals surface area contributed by atoms with Crippen LogP contribution in [0, 0.1) is 12.8 Å². The fourth-order valence-corrected chi connectivity index (χ4v) is 2.85. The van der Waals surface area contributed by atoms with E-state index in [9.17, 15) is 4.79 Å². The van der Waals surface area contributed by atoms with Crippen molar-refractivity contribution in [3.63, 3.8) is 0 Å². The van der Waals surface area contributed by atoms with Gasteiger partial charge in [-0.15, -0.1) is 0 Å². The Hall–Kier alpha value is -1.35. The first-order valence-electron chi connectivity index (χ1n) is 6.95. The predicted molar refractivity (Wildman–Crippen MR) is 77.8 cm³/mol. The Labute approximate surface area is 116 Å². The quantitative estimate of drug-likeness (QED) is 0.901. The molecule has 2 rings (SSSR count). The summed E-state index contributed by atoms with van der Waals surface area (Å²) < 4.78 is 0. The van der Waals surface area contributed by atoms with Crippen molar-refractivity contribution in [3.05, 3.63) is 35.4 Å². The minimum absolute atomic E-state index is 0.0784. The third kappa shape index (κ3) is 2.81. The summed E-state index contributed by atoms with van der Waals surface area (Å²) >= 11 is 0. The Balaban J connectivity index is 2.15. The lowest BCUT2D eigenvalue weighted by atomic mass is 9.88. The van der Waals surface area contributed by atoms with Gasteiger partial charge in [-0.2, -0.15) is 0 Å². The molecule has 1 heterocycles. The minimum Gasteiger partial charge on any atom is -0.333 e. The van der Waals surface area contributed by atoms with Crippen LogP contribution in [0.1, 0.15) is 31.4 Å². The van der Waals surface area contributed by atoms with Gasteiger partial charge in [0.2, 0.25) is 5.91 Å². The molecule has 3 heteroatoms. The van der Waals surface area contributed by atoms with Crippen molar-refractivity contribution in [2.24, 2.45) is 5.92 Å². The number of aryl methyl sites for hydroxylation is 1. The lowest BCUT2D eigenvalue weighted by Crippen LogP contribution is -2.45. The Morgan fingerprint density at radius 3 is 2.53 bits per heavy atom. The standard InChI is InChI=1S/C16H24N2O/c1-12-5-7-13(8-6-12)11-18-15(19)9-14(10-17-4)16(18,2)3/h5-8,14,17H,9-11H2,1-4H3. The molecule has 1 unspecified atom stereocenters. The minimum atomic E-state index is -0.0784. The van der Waals surface area contributed by atoms with Crippen LogP contribution in [0.5, 0.6) is 0 Å². The van der Waals surface area contributed by atoms with Crippen LogP contribution >= 0.6 is 0 Å². The zero-order valence-corrected chi connectivity index (χ0v) is 12.4. The molecule has 1 N–H and O–H groups in total. The Morgan fingerprint density at radius 1 is 1.32 bits per heavy atom. The Kier molecular flexibility index (Phi) is 3.95. The van der Waals surface area contributed by atoms with Gasteiger partial charge in [-0.25, -0.2) is 0 Å². The third-order valence-corrected chi connectivity index (χ3v) is 4.33. The second kappa shape index (κ2) is 5.33. The third-order valence-electron chi connectivity index (χ3n) is 4.33. The summed E-state index contributed by atoms with van der Waals surface area (Å²) in [6.07, 6.45) is 0.652. The van der Waals surface area contributed by atoms with E-state index in [-0.39, 0.29) is 11.4 Å². The zero-order chi connectivity index (χ0) is 14.0. The normalized spacial score (nSPS) is 22.0. The van der Waals surface area contributed by atoms with E-state index in [2.05, 4.69) is 50.4 Å². The van der Waals surface area contributed by atoms with Crippen LogP contribution in [0.4, 0.5) is 0 Å². The number of amides is 1. The van der Waals surface area contributed by atoms with E-state index in [1.165, 1.54) is 11.1 Å². The van der Waals surface area contributed by atoms with E-state index in [4.69, 9.17) is 0 Å². The van der Waals surface area contributed by atoms with E-state index in [1.54, 1.807) is 0 Å². The van der Waals surface area contributed by atoms with E-state index in [0.717, 1.165) is 6.54 Å². The molecule has 19 heavy (non-hydrogen) atoms. The molecule has 1 aliphatic heterocycles. The van der Waals surface area contributed by atoms with Gasteiger partial charge >= 0.3 is 0 Å². The number of carbonyl (C=O) groups is 1. The summed E-state index contributed by atoms with van der Waals surface area (Å²) in [4.78, 5) is 14.3. The number of hydrogen-bond acceptors (Lipinski definition) is 2. The molecular formula is C16H24N2O. The largest absolute Gasteiger partial charge is 0.333 e. The molecule has 0 aliphatic carbocycles. The average molecular weight is 260 g/mol. The van der Waals surface area contributed by atoms with Crippen molar-refractivity contribution in [1.82, 2.24) is 10.2 Å². The maximum absolute atomic E-state index is 12.2. The fraction of sp³-hybridized carbons (Fsp3) is 0.562.